The molecule has 1 aromatic carbocycles. The molecule has 0 unspecified atom stereocenters. The van der Waals surface area contributed by atoms with Gasteiger partial charge in [0, 0.05) is 6.10 Å². The third-order valence-corrected chi connectivity index (χ3v) is 3.11. The van der Waals surface area contributed by atoms with Crippen LogP contribution >= 0.6 is 0 Å². The summed E-state index contributed by atoms with van der Waals surface area (Å²) in [6.45, 7) is 5.96. The van der Waals surface area contributed by atoms with E-state index in [4.69, 9.17) is 14.9 Å². The molecule has 0 saturated carbocycles. The average molecular weight is 338 g/mol. The summed E-state index contributed by atoms with van der Waals surface area (Å²) in [5.74, 6) is -1.67. The minimum atomic E-state index is -1.11. The van der Waals surface area contributed by atoms with E-state index in [-0.39, 0.29) is 17.2 Å². The van der Waals surface area contributed by atoms with Gasteiger partial charge < -0.3 is 14.9 Å². The Bertz CT molecular complexity index is 480. The van der Waals surface area contributed by atoms with E-state index in [2.05, 4.69) is 6.92 Å². The fourth-order valence-corrected chi connectivity index (χ4v) is 1.97. The van der Waals surface area contributed by atoms with Gasteiger partial charge in [0.2, 0.25) is 0 Å². The highest BCUT2D eigenvalue weighted by Crippen LogP contribution is 2.11. The molecule has 0 aliphatic rings. The minimum absolute atomic E-state index is 0.0135. The Balaban J connectivity index is 0.00000118. The average Bonchev–Trinajstić information content (AvgIpc) is 2.53. The summed E-state index contributed by atoms with van der Waals surface area (Å²) in [6.07, 6.45) is 6.51. The van der Waals surface area contributed by atoms with Crippen molar-refractivity contribution >= 4 is 11.9 Å². The number of aliphatic hydroxyl groups excluding tert-OH is 1. The molecule has 0 aliphatic heterocycles. The van der Waals surface area contributed by atoms with E-state index in [0.29, 0.717) is 6.61 Å². The first-order chi connectivity index (χ1) is 11.4. The number of benzene rings is 1. The molecule has 0 aromatic heterocycles. The van der Waals surface area contributed by atoms with Crippen LogP contribution in [0.4, 0.5) is 0 Å². The molecule has 0 fully saturated rings. The first-order valence-corrected chi connectivity index (χ1v) is 8.57. The molecule has 2 N–H and O–H groups in total. The van der Waals surface area contributed by atoms with Gasteiger partial charge in [0.25, 0.3) is 0 Å². The van der Waals surface area contributed by atoms with Gasteiger partial charge in [-0.15, -0.1) is 0 Å². The van der Waals surface area contributed by atoms with Gasteiger partial charge in [-0.1, -0.05) is 51.2 Å². The Morgan fingerprint density at radius 2 is 1.50 bits per heavy atom. The van der Waals surface area contributed by atoms with Crippen molar-refractivity contribution < 1.29 is 24.5 Å². The number of ether oxygens (including phenoxy) is 1. The molecule has 0 aliphatic carbocycles. The van der Waals surface area contributed by atoms with Crippen molar-refractivity contribution in [1.82, 2.24) is 0 Å². The monoisotopic (exact) mass is 338 g/mol. The standard InChI is InChI=1S/C16H22O4.C3H8O/c1-2-3-4-5-6-9-12-20-16(19)14-11-8-7-10-13(14)15(17)18;1-3(2)4/h7-8,10-11H,2-6,9,12H2,1H3,(H,17,18);3-4H,1-2H3. The van der Waals surface area contributed by atoms with Crippen LogP contribution < -0.4 is 0 Å². The quantitative estimate of drug-likeness (QED) is 0.518. The maximum absolute atomic E-state index is 11.8. The van der Waals surface area contributed by atoms with Crippen molar-refractivity contribution in [3.63, 3.8) is 0 Å². The van der Waals surface area contributed by atoms with Gasteiger partial charge in [0.05, 0.1) is 17.7 Å². The number of aliphatic hydroxyl groups is 1. The molecule has 24 heavy (non-hydrogen) atoms. The number of carboxylic acid groups (broad SMARTS) is 1. The van der Waals surface area contributed by atoms with E-state index in [1.54, 1.807) is 26.0 Å². The predicted octanol–water partition coefficient (Wildman–Crippen LogP) is 4.29. The molecule has 5 heteroatoms. The smallest absolute Gasteiger partial charge is 0.339 e. The lowest BCUT2D eigenvalue weighted by Gasteiger charge is -2.07. The molecular weight excluding hydrogens is 308 g/mol. The Kier molecular flexibility index (Phi) is 12.5. The highest BCUT2D eigenvalue weighted by atomic mass is 16.5. The van der Waals surface area contributed by atoms with Crippen LogP contribution in [-0.4, -0.2) is 34.9 Å². The lowest BCUT2D eigenvalue weighted by molar-refractivity contribution is 0.0487. The second kappa shape index (κ2) is 13.5. The summed E-state index contributed by atoms with van der Waals surface area (Å²) in [6, 6.07) is 6.11. The molecule has 5 nitrogen and oxygen atoms in total. The molecule has 0 spiro atoms. The number of hydrogen-bond donors (Lipinski definition) is 2. The molecule has 0 radical (unpaired) electrons. The molecule has 1 rings (SSSR count). The first kappa shape index (κ1) is 22.1. The van der Waals surface area contributed by atoms with Crippen LogP contribution in [0.25, 0.3) is 0 Å². The molecule has 0 heterocycles. The van der Waals surface area contributed by atoms with E-state index < -0.39 is 11.9 Å². The summed E-state index contributed by atoms with van der Waals surface area (Å²) in [7, 11) is 0. The van der Waals surface area contributed by atoms with Crippen LogP contribution in [0.2, 0.25) is 0 Å². The zero-order valence-corrected chi connectivity index (χ0v) is 15.0. The van der Waals surface area contributed by atoms with Crippen molar-refractivity contribution in [3.8, 4) is 0 Å². The van der Waals surface area contributed by atoms with E-state index in [1.807, 2.05) is 0 Å². The maximum atomic E-state index is 11.8. The highest BCUT2D eigenvalue weighted by molar-refractivity contribution is 6.02. The second-order valence-corrected chi connectivity index (χ2v) is 5.85. The summed E-state index contributed by atoms with van der Waals surface area (Å²) in [5, 5.41) is 17.1. The Morgan fingerprint density at radius 1 is 1.00 bits per heavy atom. The van der Waals surface area contributed by atoms with Crippen LogP contribution in [-0.2, 0) is 4.74 Å². The van der Waals surface area contributed by atoms with Crippen LogP contribution in [0.3, 0.4) is 0 Å². The molecule has 0 saturated heterocycles. The van der Waals surface area contributed by atoms with E-state index in [1.165, 1.54) is 31.4 Å². The van der Waals surface area contributed by atoms with Crippen LogP contribution in [0.15, 0.2) is 24.3 Å². The van der Waals surface area contributed by atoms with Crippen molar-refractivity contribution in [2.75, 3.05) is 6.61 Å². The number of rotatable bonds is 9. The Morgan fingerprint density at radius 3 is 2.04 bits per heavy atom. The molecule has 136 valence electrons. The largest absolute Gasteiger partial charge is 0.478 e. The number of aromatic carboxylic acids is 1. The summed E-state index contributed by atoms with van der Waals surface area (Å²) >= 11 is 0. The Labute approximate surface area is 144 Å². The molecule has 1 aromatic rings. The summed E-state index contributed by atoms with van der Waals surface area (Å²) in [5.41, 5.74) is 0.103. The van der Waals surface area contributed by atoms with Gasteiger partial charge in [0.15, 0.2) is 0 Å². The number of carboxylic acids is 1. The minimum Gasteiger partial charge on any atom is -0.478 e. The van der Waals surface area contributed by atoms with Gasteiger partial charge >= 0.3 is 11.9 Å². The zero-order chi connectivity index (χ0) is 18.4. The second-order valence-electron chi connectivity index (χ2n) is 5.85. The number of hydrogen-bond acceptors (Lipinski definition) is 4. The topological polar surface area (TPSA) is 83.8 Å². The van der Waals surface area contributed by atoms with Gasteiger partial charge in [-0.3, -0.25) is 0 Å². The highest BCUT2D eigenvalue weighted by Gasteiger charge is 2.16. The fourth-order valence-electron chi connectivity index (χ4n) is 1.97. The van der Waals surface area contributed by atoms with Crippen molar-refractivity contribution in [1.29, 1.82) is 0 Å². The number of carbonyl (C=O) groups excluding carboxylic acids is 1. The molecule has 0 atom stereocenters. The molecular formula is C19H30O5. The van der Waals surface area contributed by atoms with Crippen molar-refractivity contribution in [2.24, 2.45) is 0 Å². The fraction of sp³-hybridized carbons (Fsp3) is 0.579. The van der Waals surface area contributed by atoms with Crippen LogP contribution in [0, 0.1) is 0 Å². The lowest BCUT2D eigenvalue weighted by Crippen LogP contribution is -2.12. The van der Waals surface area contributed by atoms with Gasteiger partial charge in [-0.05, 0) is 32.4 Å². The Hall–Kier alpha value is -1.88. The number of esters is 1. The third kappa shape index (κ3) is 10.8. The third-order valence-electron chi connectivity index (χ3n) is 3.11. The summed E-state index contributed by atoms with van der Waals surface area (Å²) in [4.78, 5) is 22.8. The van der Waals surface area contributed by atoms with E-state index >= 15 is 0 Å². The maximum Gasteiger partial charge on any atom is 0.339 e. The lowest BCUT2D eigenvalue weighted by atomic mass is 10.1. The number of unbranched alkanes of at least 4 members (excludes halogenated alkanes) is 5. The van der Waals surface area contributed by atoms with Crippen molar-refractivity contribution in [2.45, 2.75) is 65.4 Å². The van der Waals surface area contributed by atoms with Gasteiger partial charge in [-0.2, -0.15) is 0 Å². The van der Waals surface area contributed by atoms with Crippen LogP contribution in [0.5, 0.6) is 0 Å². The van der Waals surface area contributed by atoms with E-state index in [9.17, 15) is 9.59 Å². The molecule has 0 bridgehead atoms. The predicted molar refractivity (Wildman–Crippen MR) is 94.4 cm³/mol. The number of carbonyl (C=O) groups is 2. The molecule has 0 amide bonds. The van der Waals surface area contributed by atoms with Gasteiger partial charge in [0.1, 0.15) is 0 Å². The van der Waals surface area contributed by atoms with E-state index in [0.717, 1.165) is 19.3 Å². The zero-order valence-electron chi connectivity index (χ0n) is 15.0. The normalized spacial score (nSPS) is 10.0. The van der Waals surface area contributed by atoms with Crippen LogP contribution in [0.1, 0.15) is 80.0 Å². The SMILES string of the molecule is CC(C)O.CCCCCCCCOC(=O)c1ccccc1C(=O)O. The first-order valence-electron chi connectivity index (χ1n) is 8.57. The van der Waals surface area contributed by atoms with Gasteiger partial charge in [-0.25, -0.2) is 9.59 Å². The van der Waals surface area contributed by atoms with Crippen molar-refractivity contribution in [3.05, 3.63) is 35.4 Å². The summed E-state index contributed by atoms with van der Waals surface area (Å²) < 4.78 is 5.12.